The summed E-state index contributed by atoms with van der Waals surface area (Å²) in [6.45, 7) is 0.113. The van der Waals surface area contributed by atoms with Crippen molar-refractivity contribution in [3.63, 3.8) is 0 Å². The highest BCUT2D eigenvalue weighted by atomic mass is 35.5. The minimum Gasteiger partial charge on any atom is -0.478 e. The van der Waals surface area contributed by atoms with Gasteiger partial charge in [0, 0.05) is 23.7 Å². The number of hydrogen-bond acceptors (Lipinski definition) is 4. The van der Waals surface area contributed by atoms with Crippen LogP contribution in [-0.4, -0.2) is 33.2 Å². The number of anilines is 2. The Balaban J connectivity index is 1.60. The van der Waals surface area contributed by atoms with E-state index in [9.17, 15) is 13.2 Å². The molecule has 0 aromatic heterocycles. The zero-order chi connectivity index (χ0) is 20.6. The third-order valence-electron chi connectivity index (χ3n) is 4.76. The van der Waals surface area contributed by atoms with Crippen molar-refractivity contribution in [2.75, 3.05) is 22.4 Å². The highest BCUT2D eigenvalue weighted by molar-refractivity contribution is 7.92. The van der Waals surface area contributed by atoms with Crippen molar-refractivity contribution >= 4 is 49.7 Å². The molecule has 1 aliphatic heterocycles. The first-order chi connectivity index (χ1) is 13.8. The summed E-state index contributed by atoms with van der Waals surface area (Å²) in [4.78, 5) is 12.9. The van der Waals surface area contributed by atoms with Crippen molar-refractivity contribution < 1.29 is 17.9 Å². The van der Waals surface area contributed by atoms with Crippen LogP contribution in [0.2, 0.25) is 5.02 Å². The minimum atomic E-state index is -3.55. The summed E-state index contributed by atoms with van der Waals surface area (Å²) in [5, 5.41) is 5.34. The molecule has 1 heterocycles. The summed E-state index contributed by atoms with van der Waals surface area (Å²) in [6.07, 6.45) is 0.486. The van der Waals surface area contributed by atoms with Crippen LogP contribution in [0.5, 0.6) is 5.75 Å². The van der Waals surface area contributed by atoms with Crippen molar-refractivity contribution in [1.82, 2.24) is 0 Å². The minimum absolute atomic E-state index is 0.113. The summed E-state index contributed by atoms with van der Waals surface area (Å²) < 4.78 is 31.6. The molecule has 0 radical (unpaired) electrons. The highest BCUT2D eigenvalue weighted by Crippen LogP contribution is 2.36. The van der Waals surface area contributed by atoms with Gasteiger partial charge in [-0.15, -0.1) is 0 Å². The molecule has 1 unspecified atom stereocenters. The van der Waals surface area contributed by atoms with Crippen LogP contribution in [0.1, 0.15) is 6.42 Å². The first-order valence-electron chi connectivity index (χ1n) is 9.05. The van der Waals surface area contributed by atoms with Gasteiger partial charge < -0.3 is 10.1 Å². The number of nitrogens with zero attached hydrogens (tertiary/aromatic N) is 1. The van der Waals surface area contributed by atoms with Crippen molar-refractivity contribution in [3.8, 4) is 5.75 Å². The van der Waals surface area contributed by atoms with E-state index in [4.69, 9.17) is 16.3 Å². The molecule has 0 fully saturated rings. The Labute approximate surface area is 174 Å². The van der Waals surface area contributed by atoms with Crippen molar-refractivity contribution in [2.45, 2.75) is 12.5 Å². The van der Waals surface area contributed by atoms with E-state index in [1.165, 1.54) is 10.4 Å². The average molecular weight is 431 g/mol. The average Bonchev–Trinajstić information content (AvgIpc) is 2.87. The Morgan fingerprint density at radius 1 is 1.10 bits per heavy atom. The molecule has 29 heavy (non-hydrogen) atoms. The molecule has 1 N–H and O–H groups in total. The van der Waals surface area contributed by atoms with Gasteiger partial charge in [0.2, 0.25) is 10.0 Å². The molecule has 0 aliphatic carbocycles. The predicted octanol–water partition coefficient (Wildman–Crippen LogP) is 4.05. The smallest absolute Gasteiger partial charge is 0.265 e. The summed E-state index contributed by atoms with van der Waals surface area (Å²) >= 11 is 6.04. The lowest BCUT2D eigenvalue weighted by atomic mass is 10.1. The Bertz CT molecular complexity index is 1200. The van der Waals surface area contributed by atoms with Gasteiger partial charge in [-0.05, 0) is 41.1 Å². The number of carbonyl (C=O) groups excluding carboxylic acids is 1. The van der Waals surface area contributed by atoms with Crippen LogP contribution < -0.4 is 14.4 Å². The summed E-state index contributed by atoms with van der Waals surface area (Å²) in [5.41, 5.74) is 0.985. The van der Waals surface area contributed by atoms with E-state index in [-0.39, 0.29) is 18.9 Å². The normalized spacial score (nSPS) is 16.6. The molecule has 0 saturated carbocycles. The van der Waals surface area contributed by atoms with Gasteiger partial charge in [-0.2, -0.15) is 0 Å². The molecule has 0 spiro atoms. The maximum absolute atomic E-state index is 12.9. The highest BCUT2D eigenvalue weighted by Gasteiger charge is 2.31. The molecule has 4 rings (SSSR count). The van der Waals surface area contributed by atoms with Crippen molar-refractivity contribution in [3.05, 3.63) is 65.7 Å². The van der Waals surface area contributed by atoms with Crippen LogP contribution in [0.25, 0.3) is 10.8 Å². The number of fused-ring (bicyclic) bond motifs is 2. The first kappa shape index (κ1) is 19.5. The van der Waals surface area contributed by atoms with Crippen molar-refractivity contribution in [1.29, 1.82) is 0 Å². The van der Waals surface area contributed by atoms with Gasteiger partial charge in [-0.25, -0.2) is 8.42 Å². The second-order valence-electron chi connectivity index (χ2n) is 6.89. The van der Waals surface area contributed by atoms with Crippen LogP contribution in [0.15, 0.2) is 60.7 Å². The lowest BCUT2D eigenvalue weighted by Gasteiger charge is -2.21. The van der Waals surface area contributed by atoms with E-state index in [1.807, 2.05) is 42.5 Å². The maximum atomic E-state index is 12.9. The molecule has 6 nitrogen and oxygen atoms in total. The molecule has 1 amide bonds. The van der Waals surface area contributed by atoms with Gasteiger partial charge >= 0.3 is 0 Å². The molecule has 8 heteroatoms. The number of ether oxygens (including phenoxy) is 1. The zero-order valence-corrected chi connectivity index (χ0v) is 17.2. The number of halogens is 1. The molecule has 1 atom stereocenters. The van der Waals surface area contributed by atoms with Gasteiger partial charge in [0.1, 0.15) is 5.75 Å². The maximum Gasteiger partial charge on any atom is 0.265 e. The summed E-state index contributed by atoms with van der Waals surface area (Å²) in [5.74, 6) is -0.0347. The molecule has 0 bridgehead atoms. The molecule has 1 aliphatic rings. The Hall–Kier alpha value is -2.77. The third kappa shape index (κ3) is 4.16. The summed E-state index contributed by atoms with van der Waals surface area (Å²) in [6, 6.07) is 18.2. The van der Waals surface area contributed by atoms with Crippen LogP contribution in [0.4, 0.5) is 11.4 Å². The van der Waals surface area contributed by atoms with Crippen LogP contribution >= 0.6 is 11.6 Å². The van der Waals surface area contributed by atoms with Gasteiger partial charge in [-0.1, -0.05) is 41.9 Å². The zero-order valence-electron chi connectivity index (χ0n) is 15.6. The first-order valence-corrected chi connectivity index (χ1v) is 11.3. The second-order valence-corrected chi connectivity index (χ2v) is 9.24. The third-order valence-corrected chi connectivity index (χ3v) is 6.18. The monoisotopic (exact) mass is 430 g/mol. The Kier molecular flexibility index (Phi) is 5.10. The fourth-order valence-electron chi connectivity index (χ4n) is 3.37. The Morgan fingerprint density at radius 2 is 1.86 bits per heavy atom. The Morgan fingerprint density at radius 3 is 2.62 bits per heavy atom. The molecule has 3 aromatic carbocycles. The van der Waals surface area contributed by atoms with Crippen LogP contribution in [0.3, 0.4) is 0 Å². The van der Waals surface area contributed by atoms with Gasteiger partial charge in [0.05, 0.1) is 11.9 Å². The van der Waals surface area contributed by atoms with Gasteiger partial charge in [0.15, 0.2) is 6.10 Å². The number of hydrogen-bond donors (Lipinski definition) is 1. The predicted molar refractivity (Wildman–Crippen MR) is 115 cm³/mol. The lowest BCUT2D eigenvalue weighted by Crippen LogP contribution is -2.35. The largest absolute Gasteiger partial charge is 0.478 e. The van der Waals surface area contributed by atoms with Crippen LogP contribution in [-0.2, 0) is 14.8 Å². The van der Waals surface area contributed by atoms with Crippen LogP contribution in [0, 0.1) is 0 Å². The number of sulfonamides is 1. The van der Waals surface area contributed by atoms with E-state index in [0.29, 0.717) is 22.1 Å². The fraction of sp³-hybridized carbons (Fsp3) is 0.190. The molecule has 3 aromatic rings. The van der Waals surface area contributed by atoms with E-state index in [0.717, 1.165) is 17.0 Å². The number of rotatable bonds is 3. The quantitative estimate of drug-likeness (QED) is 0.680. The van der Waals surface area contributed by atoms with E-state index < -0.39 is 16.1 Å². The van der Waals surface area contributed by atoms with E-state index >= 15 is 0 Å². The number of carbonyl (C=O) groups is 1. The molecular formula is C21H19ClN2O4S. The summed E-state index contributed by atoms with van der Waals surface area (Å²) in [7, 11) is -3.55. The number of nitrogens with one attached hydrogen (secondary N) is 1. The van der Waals surface area contributed by atoms with Crippen molar-refractivity contribution in [2.24, 2.45) is 0 Å². The number of benzene rings is 3. The molecular weight excluding hydrogens is 412 g/mol. The van der Waals surface area contributed by atoms with E-state index in [2.05, 4.69) is 5.32 Å². The second kappa shape index (κ2) is 7.57. The van der Waals surface area contributed by atoms with Gasteiger partial charge in [-0.3, -0.25) is 9.10 Å². The van der Waals surface area contributed by atoms with Gasteiger partial charge in [0.25, 0.3) is 5.91 Å². The lowest BCUT2D eigenvalue weighted by molar-refractivity contribution is -0.122. The fourth-order valence-corrected chi connectivity index (χ4v) is 4.47. The molecule has 0 saturated heterocycles. The topological polar surface area (TPSA) is 75.7 Å². The SMILES string of the molecule is CS(=O)(=O)N1CCC(C(=O)Nc2ccc3ccccc3c2)Oc2ccc(Cl)cc21. The molecule has 150 valence electrons. The number of amides is 1. The van der Waals surface area contributed by atoms with E-state index in [1.54, 1.807) is 12.1 Å². The standard InChI is InChI=1S/C21H19ClN2O4S/c1-29(26,27)24-11-10-20(28-19-9-7-16(22)13-18(19)24)21(25)23-17-8-6-14-4-2-3-5-15(14)12-17/h2-9,12-13,20H,10-11H2,1H3,(H,23,25).